The Bertz CT molecular complexity index is 980. The zero-order valence-corrected chi connectivity index (χ0v) is 13.4. The number of nitrogens with zero attached hydrogens (tertiary/aromatic N) is 2. The Morgan fingerprint density at radius 3 is 2.69 bits per heavy atom. The predicted octanol–water partition coefficient (Wildman–Crippen LogP) is 4.58. The predicted molar refractivity (Wildman–Crippen MR) is 85.9 cm³/mol. The molecule has 0 spiro atoms. The van der Waals surface area contributed by atoms with Crippen molar-refractivity contribution < 1.29 is 27.3 Å². The van der Waals surface area contributed by atoms with Crippen LogP contribution >= 0.6 is 11.3 Å². The van der Waals surface area contributed by atoms with Gasteiger partial charge in [-0.1, -0.05) is 12.1 Å². The fourth-order valence-corrected chi connectivity index (χ4v) is 2.74. The molecular weight excluding hydrogens is 375 g/mol. The molecule has 0 saturated heterocycles. The van der Waals surface area contributed by atoms with E-state index in [4.69, 9.17) is 4.42 Å². The highest BCUT2D eigenvalue weighted by Crippen LogP contribution is 2.33. The highest BCUT2D eigenvalue weighted by Gasteiger charge is 2.30. The molecule has 11 heteroatoms. The van der Waals surface area contributed by atoms with Crippen molar-refractivity contribution in [3.05, 3.63) is 63.2 Å². The smallest absolute Gasteiger partial charge is 0.395 e. The Balaban J connectivity index is 1.77. The normalized spacial score (nSPS) is 11.3. The Kier molecular flexibility index (Phi) is 4.47. The van der Waals surface area contributed by atoms with Gasteiger partial charge in [-0.3, -0.25) is 20.2 Å². The average molecular weight is 383 g/mol. The number of aromatic nitrogens is 1. The third-order valence-electron chi connectivity index (χ3n) is 3.21. The highest BCUT2D eigenvalue weighted by atomic mass is 32.1. The van der Waals surface area contributed by atoms with Gasteiger partial charge in [-0.05, 0) is 18.2 Å². The molecule has 3 aromatic rings. The van der Waals surface area contributed by atoms with Crippen LogP contribution in [-0.2, 0) is 6.18 Å². The summed E-state index contributed by atoms with van der Waals surface area (Å²) >= 11 is 0.994. The number of furan rings is 1. The lowest BCUT2D eigenvalue weighted by Gasteiger charge is -2.07. The average Bonchev–Trinajstić information content (AvgIpc) is 3.23. The number of nitro groups is 1. The van der Waals surface area contributed by atoms with Gasteiger partial charge < -0.3 is 4.42 Å². The van der Waals surface area contributed by atoms with Gasteiger partial charge in [0, 0.05) is 10.9 Å². The van der Waals surface area contributed by atoms with Crippen molar-refractivity contribution in [2.24, 2.45) is 0 Å². The SMILES string of the molecule is O=C(Nc1nc(-c2cccc(C(F)(F)F)c2)cs1)c1ccc([N+](=O)[O-])o1. The Morgan fingerprint density at radius 2 is 2.04 bits per heavy atom. The molecule has 0 aliphatic rings. The number of benzene rings is 1. The van der Waals surface area contributed by atoms with Crippen molar-refractivity contribution in [2.45, 2.75) is 6.18 Å². The Morgan fingerprint density at radius 1 is 1.27 bits per heavy atom. The van der Waals surface area contributed by atoms with E-state index in [2.05, 4.69) is 10.3 Å². The van der Waals surface area contributed by atoms with Gasteiger partial charge in [0.25, 0.3) is 5.91 Å². The lowest BCUT2D eigenvalue weighted by atomic mass is 10.1. The first kappa shape index (κ1) is 17.6. The first-order valence-corrected chi connectivity index (χ1v) is 7.81. The monoisotopic (exact) mass is 383 g/mol. The van der Waals surface area contributed by atoms with E-state index >= 15 is 0 Å². The second-order valence-corrected chi connectivity index (χ2v) is 5.82. The standard InChI is InChI=1S/C15H8F3N3O4S/c16-15(17,18)9-3-1-2-8(6-9)10-7-26-14(19-10)20-13(22)11-4-5-12(25-11)21(23)24/h1-7H,(H,19,20,22). The van der Waals surface area contributed by atoms with E-state index in [0.29, 0.717) is 0 Å². The molecule has 7 nitrogen and oxygen atoms in total. The minimum absolute atomic E-state index is 0.112. The minimum atomic E-state index is -4.48. The summed E-state index contributed by atoms with van der Waals surface area (Å²) in [6.45, 7) is 0. The summed E-state index contributed by atoms with van der Waals surface area (Å²) in [7, 11) is 0. The summed E-state index contributed by atoms with van der Waals surface area (Å²) in [5.74, 6) is -1.63. The van der Waals surface area contributed by atoms with Gasteiger partial charge in [0.15, 0.2) is 10.9 Å². The molecule has 134 valence electrons. The van der Waals surface area contributed by atoms with Crippen LogP contribution in [-0.4, -0.2) is 15.8 Å². The van der Waals surface area contributed by atoms with E-state index in [1.54, 1.807) is 0 Å². The molecule has 0 saturated carbocycles. The van der Waals surface area contributed by atoms with Gasteiger partial charge in [0.05, 0.1) is 17.3 Å². The van der Waals surface area contributed by atoms with Gasteiger partial charge in [-0.15, -0.1) is 11.3 Å². The van der Waals surface area contributed by atoms with Crippen LogP contribution in [0.2, 0.25) is 0 Å². The summed E-state index contributed by atoms with van der Waals surface area (Å²) in [6, 6.07) is 6.79. The van der Waals surface area contributed by atoms with Crippen LogP contribution in [0.5, 0.6) is 0 Å². The molecule has 0 bridgehead atoms. The largest absolute Gasteiger partial charge is 0.433 e. The number of rotatable bonds is 4. The van der Waals surface area contributed by atoms with E-state index in [9.17, 15) is 28.1 Å². The number of halogens is 3. The number of carbonyl (C=O) groups is 1. The first-order valence-electron chi connectivity index (χ1n) is 6.93. The molecule has 0 atom stereocenters. The molecule has 0 radical (unpaired) electrons. The number of carbonyl (C=O) groups excluding carboxylic acids is 1. The summed E-state index contributed by atoms with van der Waals surface area (Å²) < 4.78 is 43.1. The Hall–Kier alpha value is -3.21. The van der Waals surface area contributed by atoms with E-state index in [1.165, 1.54) is 17.5 Å². The van der Waals surface area contributed by atoms with Crippen molar-refractivity contribution in [1.29, 1.82) is 0 Å². The third-order valence-corrected chi connectivity index (χ3v) is 3.96. The Labute approximate surface area is 147 Å². The minimum Gasteiger partial charge on any atom is -0.395 e. The van der Waals surface area contributed by atoms with E-state index < -0.39 is 28.5 Å². The van der Waals surface area contributed by atoms with Crippen LogP contribution in [0.4, 0.5) is 24.2 Å². The van der Waals surface area contributed by atoms with Crippen molar-refractivity contribution in [2.75, 3.05) is 5.32 Å². The summed E-state index contributed by atoms with van der Waals surface area (Å²) in [6.07, 6.45) is -4.48. The second-order valence-electron chi connectivity index (χ2n) is 4.97. The molecule has 1 amide bonds. The fraction of sp³-hybridized carbons (Fsp3) is 0.0667. The van der Waals surface area contributed by atoms with Crippen LogP contribution in [0.3, 0.4) is 0 Å². The molecule has 1 aromatic carbocycles. The van der Waals surface area contributed by atoms with E-state index in [1.807, 2.05) is 0 Å². The van der Waals surface area contributed by atoms with Crippen LogP contribution in [0.25, 0.3) is 11.3 Å². The molecule has 0 aliphatic carbocycles. The summed E-state index contributed by atoms with van der Waals surface area (Å²) in [5, 5.41) is 14.5. The van der Waals surface area contributed by atoms with Gasteiger partial charge >= 0.3 is 12.1 Å². The zero-order chi connectivity index (χ0) is 18.9. The van der Waals surface area contributed by atoms with Crippen LogP contribution in [0.1, 0.15) is 16.1 Å². The van der Waals surface area contributed by atoms with Crippen molar-refractivity contribution >= 4 is 28.3 Å². The lowest BCUT2D eigenvalue weighted by molar-refractivity contribution is -0.402. The molecule has 3 rings (SSSR count). The van der Waals surface area contributed by atoms with Gasteiger partial charge in [-0.2, -0.15) is 13.2 Å². The number of alkyl halides is 3. The number of anilines is 1. The van der Waals surface area contributed by atoms with E-state index in [0.717, 1.165) is 35.6 Å². The lowest BCUT2D eigenvalue weighted by Crippen LogP contribution is -2.10. The molecule has 0 unspecified atom stereocenters. The maximum absolute atomic E-state index is 12.8. The van der Waals surface area contributed by atoms with Crippen molar-refractivity contribution in [1.82, 2.24) is 4.98 Å². The molecule has 26 heavy (non-hydrogen) atoms. The second kappa shape index (κ2) is 6.59. The maximum Gasteiger partial charge on any atom is 0.433 e. The first-order chi connectivity index (χ1) is 12.2. The summed E-state index contributed by atoms with van der Waals surface area (Å²) in [5.41, 5.74) is -0.316. The maximum atomic E-state index is 12.8. The topological polar surface area (TPSA) is 98.3 Å². The zero-order valence-electron chi connectivity index (χ0n) is 12.6. The van der Waals surface area contributed by atoms with Crippen molar-refractivity contribution in [3.63, 3.8) is 0 Å². The third kappa shape index (κ3) is 3.72. The molecule has 2 aromatic heterocycles. The van der Waals surface area contributed by atoms with Gasteiger partial charge in [0.2, 0.25) is 0 Å². The van der Waals surface area contributed by atoms with Gasteiger partial charge in [0.1, 0.15) is 4.92 Å². The van der Waals surface area contributed by atoms with Gasteiger partial charge in [-0.25, -0.2) is 4.98 Å². The number of amides is 1. The van der Waals surface area contributed by atoms with Crippen LogP contribution in [0.15, 0.2) is 46.2 Å². The number of nitrogens with one attached hydrogen (secondary N) is 1. The van der Waals surface area contributed by atoms with E-state index in [-0.39, 0.29) is 22.1 Å². The highest BCUT2D eigenvalue weighted by molar-refractivity contribution is 7.14. The number of thiazole rings is 1. The number of hydrogen-bond acceptors (Lipinski definition) is 6. The molecular formula is C15H8F3N3O4S. The summed E-state index contributed by atoms with van der Waals surface area (Å²) in [4.78, 5) is 25.8. The molecule has 0 aliphatic heterocycles. The fourth-order valence-electron chi connectivity index (χ4n) is 2.03. The molecule has 1 N–H and O–H groups in total. The van der Waals surface area contributed by atoms with Crippen LogP contribution in [0, 0.1) is 10.1 Å². The van der Waals surface area contributed by atoms with Crippen molar-refractivity contribution in [3.8, 4) is 11.3 Å². The molecule has 2 heterocycles. The quantitative estimate of drug-likeness (QED) is 0.525. The number of hydrogen-bond donors (Lipinski definition) is 1. The van der Waals surface area contributed by atoms with Crippen LogP contribution < -0.4 is 5.32 Å². The molecule has 0 fully saturated rings.